The molecule has 0 aliphatic heterocycles. The van der Waals surface area contributed by atoms with Gasteiger partial charge in [-0.3, -0.25) is 4.79 Å². The molecule has 142 valence electrons. The largest absolute Gasteiger partial charge is 0.495 e. The summed E-state index contributed by atoms with van der Waals surface area (Å²) >= 11 is 5.87. The van der Waals surface area contributed by atoms with E-state index in [1.54, 1.807) is 12.5 Å². The molecule has 0 saturated heterocycles. The normalized spacial score (nSPS) is 12.6. The molecule has 2 rings (SSSR count). The average molecular weight is 401 g/mol. The molecule has 0 aliphatic rings. The molecule has 0 unspecified atom stereocenters. The molecular weight excluding hydrogens is 380 g/mol. The number of imidazole rings is 1. The van der Waals surface area contributed by atoms with Crippen LogP contribution in [0.2, 0.25) is 5.02 Å². The van der Waals surface area contributed by atoms with Crippen molar-refractivity contribution in [1.82, 2.24) is 19.6 Å². The van der Waals surface area contributed by atoms with Gasteiger partial charge in [0.25, 0.3) is 0 Å². The van der Waals surface area contributed by atoms with E-state index in [1.165, 1.54) is 32.2 Å². The number of aryl methyl sites for hydroxylation is 1. The number of rotatable bonds is 9. The molecule has 0 aliphatic carbocycles. The summed E-state index contributed by atoms with van der Waals surface area (Å²) in [5.41, 5.74) is 0. The number of carbonyl (C=O) groups is 1. The Morgan fingerprint density at radius 3 is 2.85 bits per heavy atom. The van der Waals surface area contributed by atoms with E-state index >= 15 is 0 Å². The molecule has 2 aromatic rings. The van der Waals surface area contributed by atoms with Gasteiger partial charge in [-0.15, -0.1) is 0 Å². The van der Waals surface area contributed by atoms with Crippen LogP contribution in [0, 0.1) is 0 Å². The van der Waals surface area contributed by atoms with Gasteiger partial charge in [0.1, 0.15) is 10.6 Å². The summed E-state index contributed by atoms with van der Waals surface area (Å²) in [5.74, 6) is -0.268. The summed E-state index contributed by atoms with van der Waals surface area (Å²) < 4.78 is 34.3. The number of ether oxygens (including phenoxy) is 1. The fourth-order valence-corrected chi connectivity index (χ4v) is 3.89. The second kappa shape index (κ2) is 9.02. The van der Waals surface area contributed by atoms with Crippen molar-refractivity contribution in [1.29, 1.82) is 0 Å². The molecule has 1 heterocycles. The molecule has 26 heavy (non-hydrogen) atoms. The number of carbonyl (C=O) groups excluding carboxylic acids is 1. The van der Waals surface area contributed by atoms with E-state index in [2.05, 4.69) is 15.0 Å². The predicted molar refractivity (Wildman–Crippen MR) is 97.6 cm³/mol. The zero-order chi connectivity index (χ0) is 19.2. The Bertz CT molecular complexity index is 840. The molecule has 1 amide bonds. The molecule has 1 aromatic heterocycles. The fraction of sp³-hybridized carbons (Fsp3) is 0.375. The van der Waals surface area contributed by atoms with Crippen LogP contribution >= 0.6 is 11.6 Å². The van der Waals surface area contributed by atoms with E-state index in [1.807, 2.05) is 10.8 Å². The van der Waals surface area contributed by atoms with E-state index in [4.69, 9.17) is 16.3 Å². The number of halogens is 1. The number of nitrogens with one attached hydrogen (secondary N) is 2. The Labute approximate surface area is 157 Å². The third-order valence-corrected chi connectivity index (χ3v) is 5.39. The highest BCUT2D eigenvalue weighted by Crippen LogP contribution is 2.26. The van der Waals surface area contributed by atoms with Crippen molar-refractivity contribution in [2.75, 3.05) is 13.7 Å². The lowest BCUT2D eigenvalue weighted by molar-refractivity contribution is -0.122. The zero-order valence-corrected chi connectivity index (χ0v) is 16.0. The van der Waals surface area contributed by atoms with Gasteiger partial charge in [0.2, 0.25) is 15.9 Å². The van der Waals surface area contributed by atoms with E-state index in [0.717, 1.165) is 0 Å². The maximum Gasteiger partial charge on any atom is 0.245 e. The summed E-state index contributed by atoms with van der Waals surface area (Å²) in [6, 6.07) is 3.31. The minimum absolute atomic E-state index is 0.118. The summed E-state index contributed by atoms with van der Waals surface area (Å²) in [7, 11) is -2.61. The van der Waals surface area contributed by atoms with E-state index in [0.29, 0.717) is 19.5 Å². The first kappa shape index (κ1) is 20.2. The molecule has 0 fully saturated rings. The molecule has 2 N–H and O–H groups in total. The maximum absolute atomic E-state index is 12.5. The maximum atomic E-state index is 12.5. The number of hydrogen-bond donors (Lipinski definition) is 2. The summed E-state index contributed by atoms with van der Waals surface area (Å²) in [6.45, 7) is 2.60. The van der Waals surface area contributed by atoms with Crippen LogP contribution in [0.25, 0.3) is 0 Å². The van der Waals surface area contributed by atoms with Crippen molar-refractivity contribution >= 4 is 27.5 Å². The lowest BCUT2D eigenvalue weighted by atomic mass is 10.3. The van der Waals surface area contributed by atoms with E-state index in [-0.39, 0.29) is 15.7 Å². The van der Waals surface area contributed by atoms with Gasteiger partial charge >= 0.3 is 0 Å². The Balaban J connectivity index is 1.91. The number of nitrogens with zero attached hydrogens (tertiary/aromatic N) is 2. The Hall–Kier alpha value is -2.10. The number of aromatic nitrogens is 2. The summed E-state index contributed by atoms with van der Waals surface area (Å²) in [4.78, 5) is 15.9. The second-order valence-electron chi connectivity index (χ2n) is 5.58. The van der Waals surface area contributed by atoms with Crippen LogP contribution in [0.15, 0.2) is 41.8 Å². The van der Waals surface area contributed by atoms with Crippen molar-refractivity contribution in [3.05, 3.63) is 41.9 Å². The molecule has 1 aromatic carbocycles. The minimum Gasteiger partial charge on any atom is -0.495 e. The van der Waals surface area contributed by atoms with Crippen LogP contribution in [-0.2, 0) is 21.4 Å². The molecular formula is C16H21ClN4O4S. The van der Waals surface area contributed by atoms with Crippen molar-refractivity contribution < 1.29 is 17.9 Å². The van der Waals surface area contributed by atoms with Gasteiger partial charge in [-0.25, -0.2) is 13.4 Å². The Morgan fingerprint density at radius 1 is 1.42 bits per heavy atom. The average Bonchev–Trinajstić information content (AvgIpc) is 3.11. The third kappa shape index (κ3) is 5.45. The Kier molecular flexibility index (Phi) is 7.01. The van der Waals surface area contributed by atoms with Gasteiger partial charge in [0.15, 0.2) is 0 Å². The van der Waals surface area contributed by atoms with Crippen LogP contribution in [0.4, 0.5) is 0 Å². The fourth-order valence-electron chi connectivity index (χ4n) is 2.26. The number of benzene rings is 1. The second-order valence-corrected chi connectivity index (χ2v) is 7.70. The van der Waals surface area contributed by atoms with Gasteiger partial charge in [0, 0.05) is 30.5 Å². The van der Waals surface area contributed by atoms with E-state index in [9.17, 15) is 13.2 Å². The molecule has 0 spiro atoms. The third-order valence-electron chi connectivity index (χ3n) is 3.59. The number of methoxy groups -OCH3 is 1. The van der Waals surface area contributed by atoms with Crippen LogP contribution in [-0.4, -0.2) is 43.6 Å². The van der Waals surface area contributed by atoms with Crippen LogP contribution in [0.1, 0.15) is 13.3 Å². The lowest BCUT2D eigenvalue weighted by Crippen LogP contribution is -2.45. The highest BCUT2D eigenvalue weighted by Gasteiger charge is 2.25. The molecule has 0 saturated carbocycles. The standard InChI is InChI=1S/C16H21ClN4O4S/c1-12(16(22)19-6-3-8-21-9-7-18-11-21)20-26(23,24)15-10-13(17)4-5-14(15)25-2/h4-5,7,9-12,20H,3,6,8H2,1-2H3,(H,19,22)/t12-/m0/s1. The predicted octanol–water partition coefficient (Wildman–Crippen LogP) is 1.42. The molecule has 8 nitrogen and oxygen atoms in total. The molecule has 0 radical (unpaired) electrons. The van der Waals surface area contributed by atoms with Gasteiger partial charge in [-0.2, -0.15) is 4.72 Å². The van der Waals surface area contributed by atoms with E-state index < -0.39 is 22.0 Å². The van der Waals surface area contributed by atoms with Gasteiger partial charge in [-0.05, 0) is 31.5 Å². The number of sulfonamides is 1. The lowest BCUT2D eigenvalue weighted by Gasteiger charge is -2.16. The van der Waals surface area contributed by atoms with Crippen LogP contribution in [0.5, 0.6) is 5.75 Å². The topological polar surface area (TPSA) is 102 Å². The van der Waals surface area contributed by atoms with Crippen LogP contribution < -0.4 is 14.8 Å². The first-order valence-corrected chi connectivity index (χ1v) is 9.79. The molecule has 1 atom stereocenters. The zero-order valence-electron chi connectivity index (χ0n) is 14.5. The summed E-state index contributed by atoms with van der Waals surface area (Å²) in [6.07, 6.45) is 5.90. The van der Waals surface area contributed by atoms with Crippen molar-refractivity contribution in [3.63, 3.8) is 0 Å². The SMILES string of the molecule is COc1ccc(Cl)cc1S(=O)(=O)N[C@@H](C)C(=O)NCCCn1ccnc1. The first-order valence-electron chi connectivity index (χ1n) is 7.93. The summed E-state index contributed by atoms with van der Waals surface area (Å²) in [5, 5.41) is 2.95. The minimum atomic E-state index is -3.97. The quantitative estimate of drug-likeness (QED) is 0.620. The van der Waals surface area contributed by atoms with Crippen molar-refractivity contribution in [2.45, 2.75) is 30.8 Å². The van der Waals surface area contributed by atoms with Crippen molar-refractivity contribution in [2.24, 2.45) is 0 Å². The molecule has 0 bridgehead atoms. The smallest absolute Gasteiger partial charge is 0.245 e. The molecule has 10 heteroatoms. The van der Waals surface area contributed by atoms with Crippen LogP contribution in [0.3, 0.4) is 0 Å². The van der Waals surface area contributed by atoms with Gasteiger partial charge < -0.3 is 14.6 Å². The van der Waals surface area contributed by atoms with Gasteiger partial charge in [0.05, 0.1) is 19.5 Å². The Morgan fingerprint density at radius 2 is 2.19 bits per heavy atom. The highest BCUT2D eigenvalue weighted by molar-refractivity contribution is 7.89. The number of hydrogen-bond acceptors (Lipinski definition) is 5. The van der Waals surface area contributed by atoms with Gasteiger partial charge in [-0.1, -0.05) is 11.6 Å². The monoisotopic (exact) mass is 400 g/mol. The highest BCUT2D eigenvalue weighted by atomic mass is 35.5. The first-order chi connectivity index (χ1) is 12.3. The van der Waals surface area contributed by atoms with Crippen molar-refractivity contribution in [3.8, 4) is 5.75 Å². The number of amides is 1.